The van der Waals surface area contributed by atoms with E-state index < -0.39 is 10.1 Å². The highest BCUT2D eigenvalue weighted by Gasteiger charge is 2.22. The Morgan fingerprint density at radius 3 is 2.23 bits per heavy atom. The first-order valence-corrected chi connectivity index (χ1v) is 5.86. The molecule has 2 atom stereocenters. The maximum atomic E-state index is 10.8. The maximum Gasteiger partial charge on any atom is 0.236 e. The number of carbonyl (C=O) groups excluding carboxylic acids is 1. The third-order valence-electron chi connectivity index (χ3n) is 1.59. The summed E-state index contributed by atoms with van der Waals surface area (Å²) in [6.07, 6.45) is 0. The summed E-state index contributed by atoms with van der Waals surface area (Å²) in [6.45, 7) is 0. The highest BCUT2D eigenvalue weighted by Crippen LogP contribution is 2.32. The van der Waals surface area contributed by atoms with Crippen LogP contribution in [0.15, 0.2) is 30.3 Å². The second-order valence-electron chi connectivity index (χ2n) is 2.52. The molecular formula is C9H7Br2ClO. The van der Waals surface area contributed by atoms with Crippen LogP contribution in [0.5, 0.6) is 0 Å². The first-order valence-electron chi connectivity index (χ1n) is 3.65. The van der Waals surface area contributed by atoms with Gasteiger partial charge < -0.3 is 0 Å². The Labute approximate surface area is 98.7 Å². The van der Waals surface area contributed by atoms with Gasteiger partial charge in [-0.25, -0.2) is 0 Å². The fourth-order valence-electron chi connectivity index (χ4n) is 0.921. The van der Waals surface area contributed by atoms with E-state index in [1.54, 1.807) is 0 Å². The van der Waals surface area contributed by atoms with Crippen LogP contribution >= 0.6 is 43.5 Å². The van der Waals surface area contributed by atoms with Crippen LogP contribution < -0.4 is 0 Å². The van der Waals surface area contributed by atoms with Gasteiger partial charge in [-0.2, -0.15) is 0 Å². The fourth-order valence-corrected chi connectivity index (χ4v) is 2.05. The lowest BCUT2D eigenvalue weighted by Gasteiger charge is -2.12. The van der Waals surface area contributed by atoms with Crippen molar-refractivity contribution in [3.63, 3.8) is 0 Å². The molecule has 0 spiro atoms. The third kappa shape index (κ3) is 3.08. The zero-order valence-electron chi connectivity index (χ0n) is 6.58. The van der Waals surface area contributed by atoms with E-state index in [-0.39, 0.29) is 4.83 Å². The Hall–Kier alpha value is 0.140. The van der Waals surface area contributed by atoms with Gasteiger partial charge in [0.1, 0.15) is 4.83 Å². The molecule has 0 saturated heterocycles. The van der Waals surface area contributed by atoms with Gasteiger partial charge in [0, 0.05) is 0 Å². The predicted molar refractivity (Wildman–Crippen MR) is 61.7 cm³/mol. The van der Waals surface area contributed by atoms with Crippen molar-refractivity contribution in [3.05, 3.63) is 35.9 Å². The number of carbonyl (C=O) groups is 1. The molecule has 0 fully saturated rings. The van der Waals surface area contributed by atoms with E-state index in [1.807, 2.05) is 30.3 Å². The Balaban J connectivity index is 2.79. The summed E-state index contributed by atoms with van der Waals surface area (Å²) in [5.41, 5.74) is 1.03. The van der Waals surface area contributed by atoms with Crippen LogP contribution in [-0.2, 0) is 4.79 Å². The molecule has 70 valence electrons. The van der Waals surface area contributed by atoms with Crippen LogP contribution in [0.3, 0.4) is 0 Å². The molecule has 1 aromatic carbocycles. The molecule has 0 aliphatic heterocycles. The highest BCUT2D eigenvalue weighted by atomic mass is 79.9. The summed E-state index contributed by atoms with van der Waals surface area (Å²) in [7, 11) is 0. The second-order valence-corrected chi connectivity index (χ2v) is 4.86. The maximum absolute atomic E-state index is 10.8. The Kier molecular flexibility index (Phi) is 4.42. The number of hydrogen-bond donors (Lipinski definition) is 0. The summed E-state index contributed by atoms with van der Waals surface area (Å²) in [6, 6.07) is 9.64. The molecule has 1 rings (SSSR count). The van der Waals surface area contributed by atoms with E-state index in [0.717, 1.165) is 5.56 Å². The van der Waals surface area contributed by atoms with Crippen LogP contribution in [-0.4, -0.2) is 10.1 Å². The minimum absolute atomic E-state index is 0.0845. The van der Waals surface area contributed by atoms with Crippen molar-refractivity contribution in [1.82, 2.24) is 0 Å². The largest absolute Gasteiger partial charge is 0.280 e. The van der Waals surface area contributed by atoms with Gasteiger partial charge in [-0.1, -0.05) is 62.2 Å². The molecule has 0 unspecified atom stereocenters. The summed E-state index contributed by atoms with van der Waals surface area (Å²) < 4.78 is 0. The SMILES string of the molecule is O=C(Cl)[C@H](Br)[C@@H](Br)c1ccccc1. The Bertz CT molecular complexity index is 289. The predicted octanol–water partition coefficient (Wildman–Crippen LogP) is 3.65. The zero-order chi connectivity index (χ0) is 9.84. The van der Waals surface area contributed by atoms with Crippen molar-refractivity contribution < 1.29 is 4.79 Å². The molecule has 4 heteroatoms. The van der Waals surface area contributed by atoms with E-state index in [4.69, 9.17) is 11.6 Å². The van der Waals surface area contributed by atoms with E-state index in [2.05, 4.69) is 31.9 Å². The number of halogens is 3. The molecule has 0 amide bonds. The normalized spacial score (nSPS) is 15.0. The van der Waals surface area contributed by atoms with Gasteiger partial charge in [-0.3, -0.25) is 4.79 Å². The minimum atomic E-state index is -0.397. The van der Waals surface area contributed by atoms with Crippen LogP contribution in [0.1, 0.15) is 10.4 Å². The van der Waals surface area contributed by atoms with Gasteiger partial charge in [-0.15, -0.1) is 0 Å². The van der Waals surface area contributed by atoms with Gasteiger partial charge in [0.25, 0.3) is 0 Å². The van der Waals surface area contributed by atoms with Gasteiger partial charge in [0.15, 0.2) is 0 Å². The monoisotopic (exact) mass is 324 g/mol. The molecule has 0 radical (unpaired) electrons. The first kappa shape index (κ1) is 11.2. The third-order valence-corrected chi connectivity index (χ3v) is 4.80. The molecule has 0 aliphatic carbocycles. The lowest BCUT2D eigenvalue weighted by molar-refractivity contribution is -0.111. The molecule has 1 nitrogen and oxygen atoms in total. The van der Waals surface area contributed by atoms with E-state index >= 15 is 0 Å². The fraction of sp³-hybridized carbons (Fsp3) is 0.222. The van der Waals surface area contributed by atoms with Crippen molar-refractivity contribution >= 4 is 48.7 Å². The van der Waals surface area contributed by atoms with Crippen LogP contribution in [0.25, 0.3) is 0 Å². The first-order chi connectivity index (χ1) is 6.13. The molecule has 1 aromatic rings. The van der Waals surface area contributed by atoms with Crippen LogP contribution in [0, 0.1) is 0 Å². The lowest BCUT2D eigenvalue weighted by Crippen LogP contribution is -2.13. The molecule has 0 heterocycles. The van der Waals surface area contributed by atoms with Gasteiger partial charge in [0.05, 0.1) is 4.83 Å². The van der Waals surface area contributed by atoms with Crippen molar-refractivity contribution in [3.8, 4) is 0 Å². The molecule has 0 N–H and O–H groups in total. The Morgan fingerprint density at radius 2 is 1.77 bits per heavy atom. The summed E-state index contributed by atoms with van der Waals surface area (Å²) >= 11 is 12.0. The smallest absolute Gasteiger partial charge is 0.236 e. The van der Waals surface area contributed by atoms with Crippen molar-refractivity contribution in [2.45, 2.75) is 9.65 Å². The summed E-state index contributed by atoms with van der Waals surface area (Å²) in [5.74, 6) is 0. The quantitative estimate of drug-likeness (QED) is 0.612. The van der Waals surface area contributed by atoms with Gasteiger partial charge in [-0.05, 0) is 17.2 Å². The summed E-state index contributed by atoms with van der Waals surface area (Å²) in [4.78, 5) is 10.4. The zero-order valence-corrected chi connectivity index (χ0v) is 10.5. The summed E-state index contributed by atoms with van der Waals surface area (Å²) in [5, 5.41) is -0.397. The van der Waals surface area contributed by atoms with Crippen LogP contribution in [0.4, 0.5) is 0 Å². The number of hydrogen-bond acceptors (Lipinski definition) is 1. The minimum Gasteiger partial charge on any atom is -0.280 e. The van der Waals surface area contributed by atoms with Crippen molar-refractivity contribution in [1.29, 1.82) is 0 Å². The van der Waals surface area contributed by atoms with Crippen molar-refractivity contribution in [2.75, 3.05) is 0 Å². The lowest BCUT2D eigenvalue weighted by atomic mass is 10.1. The molecule has 0 saturated carbocycles. The van der Waals surface area contributed by atoms with E-state index in [1.165, 1.54) is 0 Å². The van der Waals surface area contributed by atoms with Gasteiger partial charge in [0.2, 0.25) is 5.24 Å². The molecule has 0 aliphatic rings. The number of rotatable bonds is 3. The molecule has 0 aromatic heterocycles. The molecule has 0 bridgehead atoms. The number of alkyl halides is 2. The van der Waals surface area contributed by atoms with E-state index in [9.17, 15) is 4.79 Å². The standard InChI is InChI=1S/C9H7Br2ClO/c10-7(8(11)9(12)13)6-4-2-1-3-5-6/h1-5,7-8H/t7-,8+/m0/s1. The Morgan fingerprint density at radius 1 is 1.23 bits per heavy atom. The van der Waals surface area contributed by atoms with E-state index in [0.29, 0.717) is 0 Å². The van der Waals surface area contributed by atoms with Crippen molar-refractivity contribution in [2.24, 2.45) is 0 Å². The second kappa shape index (κ2) is 5.13. The average molecular weight is 326 g/mol. The average Bonchev–Trinajstić information content (AvgIpc) is 2.17. The van der Waals surface area contributed by atoms with Gasteiger partial charge >= 0.3 is 0 Å². The van der Waals surface area contributed by atoms with Crippen LogP contribution in [0.2, 0.25) is 0 Å². The molecule has 13 heavy (non-hydrogen) atoms. The number of benzene rings is 1. The highest BCUT2D eigenvalue weighted by molar-refractivity contribution is 9.12. The topological polar surface area (TPSA) is 17.1 Å². The molecular weight excluding hydrogens is 319 g/mol.